The first kappa shape index (κ1) is 20.0. The SMILES string of the molecule is Cc1ccc(C(=O)Nc2cccc(-c3cc(Nc4ccncn4)c(=O)[nH]n3)c2C)cc1. The Morgan fingerprint density at radius 2 is 1.81 bits per heavy atom. The quantitative estimate of drug-likeness (QED) is 0.459. The molecule has 0 spiro atoms. The van der Waals surface area contributed by atoms with Crippen LogP contribution in [-0.2, 0) is 0 Å². The van der Waals surface area contributed by atoms with Gasteiger partial charge in [-0.1, -0.05) is 29.8 Å². The number of nitrogens with zero attached hydrogens (tertiary/aromatic N) is 3. The van der Waals surface area contributed by atoms with Crippen LogP contribution in [0.4, 0.5) is 17.2 Å². The van der Waals surface area contributed by atoms with E-state index in [9.17, 15) is 9.59 Å². The van der Waals surface area contributed by atoms with Crippen molar-refractivity contribution in [2.45, 2.75) is 13.8 Å². The predicted octanol–water partition coefficient (Wildman–Crippen LogP) is 3.84. The van der Waals surface area contributed by atoms with Gasteiger partial charge in [-0.25, -0.2) is 15.1 Å². The summed E-state index contributed by atoms with van der Waals surface area (Å²) in [7, 11) is 0. The van der Waals surface area contributed by atoms with Crippen molar-refractivity contribution in [3.63, 3.8) is 0 Å². The lowest BCUT2D eigenvalue weighted by Gasteiger charge is -2.13. The molecule has 0 bridgehead atoms. The number of hydrogen-bond donors (Lipinski definition) is 3. The summed E-state index contributed by atoms with van der Waals surface area (Å²) >= 11 is 0. The fraction of sp³-hybridized carbons (Fsp3) is 0.0870. The first-order valence-electron chi connectivity index (χ1n) is 9.62. The molecule has 8 nitrogen and oxygen atoms in total. The number of carbonyl (C=O) groups is 1. The van der Waals surface area contributed by atoms with Crippen LogP contribution in [0.3, 0.4) is 0 Å². The molecule has 2 aromatic carbocycles. The Morgan fingerprint density at radius 1 is 1.00 bits per heavy atom. The summed E-state index contributed by atoms with van der Waals surface area (Å²) in [6, 6.07) is 16.2. The van der Waals surface area contributed by atoms with Crippen LogP contribution in [-0.4, -0.2) is 26.1 Å². The van der Waals surface area contributed by atoms with E-state index in [1.807, 2.05) is 44.2 Å². The molecule has 3 N–H and O–H groups in total. The van der Waals surface area contributed by atoms with Gasteiger partial charge < -0.3 is 10.6 Å². The molecule has 0 fully saturated rings. The van der Waals surface area contributed by atoms with Crippen LogP contribution >= 0.6 is 0 Å². The standard InChI is InChI=1S/C23H20N6O2/c1-14-6-8-16(9-7-14)22(30)27-18-5-3-4-17(15(18)2)19-12-20(23(31)29-28-19)26-21-10-11-24-13-25-21/h3-13H,1-2H3,(H,27,30)(H,29,31)(H,24,25,26,28). The maximum atomic E-state index is 12.6. The van der Waals surface area contributed by atoms with Gasteiger partial charge in [-0.2, -0.15) is 5.10 Å². The molecule has 31 heavy (non-hydrogen) atoms. The smallest absolute Gasteiger partial charge is 0.287 e. The second kappa shape index (κ2) is 8.58. The van der Waals surface area contributed by atoms with Crippen LogP contribution in [0.1, 0.15) is 21.5 Å². The van der Waals surface area contributed by atoms with E-state index in [4.69, 9.17) is 0 Å². The number of nitrogens with one attached hydrogen (secondary N) is 3. The third-order valence-electron chi connectivity index (χ3n) is 4.82. The van der Waals surface area contributed by atoms with Crippen molar-refractivity contribution in [1.82, 2.24) is 20.2 Å². The van der Waals surface area contributed by atoms with Gasteiger partial charge in [-0.3, -0.25) is 9.59 Å². The van der Waals surface area contributed by atoms with E-state index < -0.39 is 0 Å². The van der Waals surface area contributed by atoms with Gasteiger partial charge in [0.25, 0.3) is 11.5 Å². The maximum absolute atomic E-state index is 12.6. The fourth-order valence-corrected chi connectivity index (χ4v) is 3.09. The molecule has 0 atom stereocenters. The minimum absolute atomic E-state index is 0.194. The van der Waals surface area contributed by atoms with Crippen molar-refractivity contribution in [1.29, 1.82) is 0 Å². The zero-order valence-corrected chi connectivity index (χ0v) is 17.0. The van der Waals surface area contributed by atoms with E-state index in [1.165, 1.54) is 6.33 Å². The third-order valence-corrected chi connectivity index (χ3v) is 4.82. The molecule has 0 aliphatic carbocycles. The Bertz CT molecular complexity index is 1280. The number of aromatic amines is 1. The van der Waals surface area contributed by atoms with Crippen molar-refractivity contribution < 1.29 is 4.79 Å². The van der Waals surface area contributed by atoms with Crippen LogP contribution in [0, 0.1) is 13.8 Å². The van der Waals surface area contributed by atoms with E-state index in [2.05, 4.69) is 30.8 Å². The van der Waals surface area contributed by atoms with E-state index in [-0.39, 0.29) is 11.5 Å². The third kappa shape index (κ3) is 4.48. The summed E-state index contributed by atoms with van der Waals surface area (Å²) in [5.41, 5.74) is 4.43. The lowest BCUT2D eigenvalue weighted by molar-refractivity contribution is 0.102. The molecule has 0 aliphatic heterocycles. The molecular weight excluding hydrogens is 392 g/mol. The van der Waals surface area contributed by atoms with Crippen molar-refractivity contribution in [3.05, 3.63) is 94.2 Å². The molecule has 154 valence electrons. The molecule has 0 unspecified atom stereocenters. The molecule has 0 saturated carbocycles. The number of aryl methyl sites for hydroxylation is 1. The lowest BCUT2D eigenvalue weighted by atomic mass is 10.0. The number of benzene rings is 2. The number of aromatic nitrogens is 4. The van der Waals surface area contributed by atoms with Crippen LogP contribution < -0.4 is 16.2 Å². The molecule has 2 heterocycles. The number of hydrogen-bond acceptors (Lipinski definition) is 6. The molecule has 4 aromatic rings. The molecule has 4 rings (SSSR count). The molecular formula is C23H20N6O2. The molecule has 0 saturated heterocycles. The number of anilines is 3. The summed E-state index contributed by atoms with van der Waals surface area (Å²) < 4.78 is 0. The van der Waals surface area contributed by atoms with Crippen molar-refractivity contribution in [2.24, 2.45) is 0 Å². The Morgan fingerprint density at radius 3 is 2.55 bits per heavy atom. The summed E-state index contributed by atoms with van der Waals surface area (Å²) in [6.45, 7) is 3.87. The van der Waals surface area contributed by atoms with E-state index in [0.29, 0.717) is 28.5 Å². The Labute approximate surface area is 178 Å². The summed E-state index contributed by atoms with van der Waals surface area (Å²) in [5, 5.41) is 12.6. The van der Waals surface area contributed by atoms with Crippen LogP contribution in [0.5, 0.6) is 0 Å². The minimum Gasteiger partial charge on any atom is -0.336 e. The van der Waals surface area contributed by atoms with Gasteiger partial charge in [0, 0.05) is 23.0 Å². The highest BCUT2D eigenvalue weighted by atomic mass is 16.1. The van der Waals surface area contributed by atoms with E-state index >= 15 is 0 Å². The second-order valence-electron chi connectivity index (χ2n) is 7.01. The fourth-order valence-electron chi connectivity index (χ4n) is 3.09. The van der Waals surface area contributed by atoms with Crippen molar-refractivity contribution in [3.8, 4) is 11.3 Å². The van der Waals surface area contributed by atoms with Gasteiger partial charge in [-0.05, 0) is 49.7 Å². The van der Waals surface area contributed by atoms with Crippen LogP contribution in [0.15, 0.2) is 71.9 Å². The van der Waals surface area contributed by atoms with Gasteiger partial charge in [0.05, 0.1) is 5.69 Å². The minimum atomic E-state index is -0.371. The number of amides is 1. The number of H-pyrrole nitrogens is 1. The summed E-state index contributed by atoms with van der Waals surface area (Å²) in [4.78, 5) is 32.8. The molecule has 1 amide bonds. The van der Waals surface area contributed by atoms with E-state index in [0.717, 1.165) is 16.7 Å². The summed E-state index contributed by atoms with van der Waals surface area (Å²) in [5.74, 6) is 0.300. The topological polar surface area (TPSA) is 113 Å². The highest BCUT2D eigenvalue weighted by molar-refractivity contribution is 6.05. The zero-order valence-electron chi connectivity index (χ0n) is 17.0. The Kier molecular flexibility index (Phi) is 5.53. The summed E-state index contributed by atoms with van der Waals surface area (Å²) in [6.07, 6.45) is 2.97. The lowest BCUT2D eigenvalue weighted by Crippen LogP contribution is -2.15. The number of carbonyl (C=O) groups excluding carboxylic acids is 1. The predicted molar refractivity (Wildman–Crippen MR) is 119 cm³/mol. The molecule has 0 radical (unpaired) electrons. The first-order valence-corrected chi connectivity index (χ1v) is 9.62. The van der Waals surface area contributed by atoms with E-state index in [1.54, 1.807) is 30.5 Å². The average Bonchev–Trinajstić information content (AvgIpc) is 2.78. The highest BCUT2D eigenvalue weighted by Gasteiger charge is 2.13. The Balaban J connectivity index is 1.63. The molecule has 2 aromatic heterocycles. The van der Waals surface area contributed by atoms with Crippen molar-refractivity contribution >= 4 is 23.1 Å². The average molecular weight is 412 g/mol. The van der Waals surface area contributed by atoms with Crippen LogP contribution in [0.2, 0.25) is 0 Å². The van der Waals surface area contributed by atoms with Gasteiger partial charge >= 0.3 is 0 Å². The highest BCUT2D eigenvalue weighted by Crippen LogP contribution is 2.28. The zero-order chi connectivity index (χ0) is 21.8. The first-order chi connectivity index (χ1) is 15.0. The van der Waals surface area contributed by atoms with Gasteiger partial charge in [0.15, 0.2) is 0 Å². The van der Waals surface area contributed by atoms with Gasteiger partial charge in [0.2, 0.25) is 0 Å². The normalized spacial score (nSPS) is 10.5. The van der Waals surface area contributed by atoms with Gasteiger partial charge in [-0.15, -0.1) is 0 Å². The maximum Gasteiger partial charge on any atom is 0.287 e. The monoisotopic (exact) mass is 412 g/mol. The molecule has 0 aliphatic rings. The van der Waals surface area contributed by atoms with Crippen molar-refractivity contribution in [2.75, 3.05) is 10.6 Å². The van der Waals surface area contributed by atoms with Crippen LogP contribution in [0.25, 0.3) is 11.3 Å². The largest absolute Gasteiger partial charge is 0.336 e. The number of rotatable bonds is 5. The van der Waals surface area contributed by atoms with Gasteiger partial charge in [0.1, 0.15) is 17.8 Å². The second-order valence-corrected chi connectivity index (χ2v) is 7.01. The molecule has 8 heteroatoms. The Hall–Kier alpha value is -4.33.